The van der Waals surface area contributed by atoms with Crippen molar-refractivity contribution in [1.29, 1.82) is 5.26 Å². The van der Waals surface area contributed by atoms with E-state index in [1.54, 1.807) is 6.07 Å². The van der Waals surface area contributed by atoms with Crippen LogP contribution in [-0.4, -0.2) is 29.7 Å². The Balaban J connectivity index is -0.0000000575. The zero-order valence-corrected chi connectivity index (χ0v) is 8.21. The summed E-state index contributed by atoms with van der Waals surface area (Å²) in [6, 6.07) is 1.75. The average Bonchev–Trinajstić information content (AvgIpc) is 1.33. The van der Waals surface area contributed by atoms with Crippen LogP contribution in [0.25, 0.3) is 0 Å². The summed E-state index contributed by atoms with van der Waals surface area (Å²) < 4.78 is 0. The van der Waals surface area contributed by atoms with E-state index in [2.05, 4.69) is 0 Å². The summed E-state index contributed by atoms with van der Waals surface area (Å²) >= 11 is 0. The second-order valence-corrected chi connectivity index (χ2v) is 1.13. The zero-order chi connectivity index (χ0) is 6.28. The molecule has 4 radical (unpaired) electrons. The molecule has 0 aromatic carbocycles. The van der Waals surface area contributed by atoms with Crippen molar-refractivity contribution in [2.45, 2.75) is 20.8 Å². The van der Waals surface area contributed by atoms with E-state index < -0.39 is 0 Å². The molecule has 0 N–H and O–H groups in total. The van der Waals surface area contributed by atoms with Crippen LogP contribution in [0.1, 0.15) is 20.8 Å². The number of Topliss-reactive ketones (excluding diaryl/α,β-unsaturated/α-hetero) is 1. The quantitative estimate of drug-likeness (QED) is 0.562. The molecule has 3 heteroatoms. The molecular weight excluding hydrogens is 209 g/mol. The van der Waals surface area contributed by atoms with Crippen molar-refractivity contribution in [2.24, 2.45) is 0 Å². The molecule has 0 rings (SSSR count). The van der Waals surface area contributed by atoms with Gasteiger partial charge in [0.2, 0.25) is 0 Å². The summed E-state index contributed by atoms with van der Waals surface area (Å²) in [5.41, 5.74) is 0. The summed E-state index contributed by atoms with van der Waals surface area (Å²) in [4.78, 5) is 9.44. The van der Waals surface area contributed by atoms with Crippen molar-refractivity contribution in [1.82, 2.24) is 0 Å². The van der Waals surface area contributed by atoms with Crippen LogP contribution in [0.4, 0.5) is 0 Å². The number of carbonyl (C=O) groups excluding carboxylic acids is 1. The molecule has 0 atom stereocenters. The van der Waals surface area contributed by atoms with Gasteiger partial charge in [-0.25, -0.2) is 0 Å². The standard InChI is InChI=1S/C3H6O.C2H3N.Sn/c1-3(2)4;1-2-3;/h1-2H3;1H3;. The van der Waals surface area contributed by atoms with Gasteiger partial charge < -0.3 is 4.79 Å². The van der Waals surface area contributed by atoms with Crippen LogP contribution in [0.5, 0.6) is 0 Å². The minimum absolute atomic E-state index is 0. The van der Waals surface area contributed by atoms with Gasteiger partial charge in [0.1, 0.15) is 5.78 Å². The third kappa shape index (κ3) is 85900. The van der Waals surface area contributed by atoms with Crippen molar-refractivity contribution in [3.05, 3.63) is 0 Å². The molecule has 0 amide bonds. The zero-order valence-electron chi connectivity index (χ0n) is 5.36. The third-order valence-corrected chi connectivity index (χ3v) is 0. The molecule has 2 nitrogen and oxygen atoms in total. The number of hydrogen-bond donors (Lipinski definition) is 0. The van der Waals surface area contributed by atoms with Crippen molar-refractivity contribution in [2.75, 3.05) is 0 Å². The molecule has 0 saturated heterocycles. The Morgan fingerprint density at radius 3 is 1.50 bits per heavy atom. The molecule has 0 bridgehead atoms. The van der Waals surface area contributed by atoms with Crippen LogP contribution in [0, 0.1) is 11.3 Å². The van der Waals surface area contributed by atoms with Crippen LogP contribution < -0.4 is 0 Å². The molecule has 0 aromatic heterocycles. The van der Waals surface area contributed by atoms with Crippen LogP contribution >= 0.6 is 0 Å². The van der Waals surface area contributed by atoms with Crippen molar-refractivity contribution in [3.63, 3.8) is 0 Å². The molecule has 0 aliphatic rings. The molecule has 0 aromatic rings. The summed E-state index contributed by atoms with van der Waals surface area (Å²) in [6.45, 7) is 4.49. The van der Waals surface area contributed by atoms with E-state index >= 15 is 0 Å². The normalized spacial score (nSPS) is 4.25. The van der Waals surface area contributed by atoms with Gasteiger partial charge in [0.05, 0.1) is 6.07 Å². The average molecular weight is 218 g/mol. The number of nitriles is 1. The first kappa shape index (κ1) is 15.7. The maximum atomic E-state index is 9.44. The smallest absolute Gasteiger partial charge is 0.126 e. The number of nitrogens with zero attached hydrogens (tertiary/aromatic N) is 1. The van der Waals surface area contributed by atoms with Gasteiger partial charge in [0.25, 0.3) is 0 Å². The Bertz CT molecular complexity index is 80.9. The van der Waals surface area contributed by atoms with E-state index in [1.165, 1.54) is 20.8 Å². The first-order chi connectivity index (χ1) is 3.15. The molecule has 0 saturated carbocycles. The van der Waals surface area contributed by atoms with E-state index in [9.17, 15) is 4.79 Å². The second kappa shape index (κ2) is 15.8. The Morgan fingerprint density at radius 1 is 1.50 bits per heavy atom. The summed E-state index contributed by atoms with van der Waals surface area (Å²) in [5.74, 6) is 0.167. The minimum atomic E-state index is 0. The molecule has 0 heterocycles. The fourth-order valence-electron chi connectivity index (χ4n) is 0. The summed E-state index contributed by atoms with van der Waals surface area (Å²) in [6.07, 6.45) is 0. The van der Waals surface area contributed by atoms with Crippen LogP contribution in [0.2, 0.25) is 0 Å². The maximum Gasteiger partial charge on any atom is 0.126 e. The van der Waals surface area contributed by atoms with Gasteiger partial charge in [0, 0.05) is 30.8 Å². The van der Waals surface area contributed by atoms with Gasteiger partial charge in [-0.05, 0) is 13.8 Å². The SMILES string of the molecule is CC#N.CC(C)=O.[Sn]. The van der Waals surface area contributed by atoms with E-state index in [0.29, 0.717) is 0 Å². The van der Waals surface area contributed by atoms with Crippen LogP contribution in [0.3, 0.4) is 0 Å². The van der Waals surface area contributed by atoms with E-state index in [4.69, 9.17) is 5.26 Å². The topological polar surface area (TPSA) is 40.9 Å². The van der Waals surface area contributed by atoms with Gasteiger partial charge in [-0.2, -0.15) is 5.26 Å². The molecule has 0 spiro atoms. The molecule has 8 heavy (non-hydrogen) atoms. The Labute approximate surface area is 66.8 Å². The number of carbonyl (C=O) groups is 1. The molecule has 44 valence electrons. The van der Waals surface area contributed by atoms with Gasteiger partial charge in [-0.3, -0.25) is 0 Å². The fraction of sp³-hybridized carbons (Fsp3) is 0.600. The first-order valence-corrected chi connectivity index (χ1v) is 1.93. The molecule has 0 aliphatic heterocycles. The van der Waals surface area contributed by atoms with Crippen molar-refractivity contribution in [3.8, 4) is 6.07 Å². The monoisotopic (exact) mass is 219 g/mol. The summed E-state index contributed by atoms with van der Waals surface area (Å²) in [7, 11) is 0. The maximum absolute atomic E-state index is 9.44. The largest absolute Gasteiger partial charge is 0.300 e. The van der Waals surface area contributed by atoms with Crippen LogP contribution in [0.15, 0.2) is 0 Å². The van der Waals surface area contributed by atoms with E-state index in [-0.39, 0.29) is 29.7 Å². The Morgan fingerprint density at radius 2 is 1.50 bits per heavy atom. The fourth-order valence-corrected chi connectivity index (χ4v) is 0. The molecule has 0 unspecified atom stereocenters. The van der Waals surface area contributed by atoms with Crippen LogP contribution in [-0.2, 0) is 4.79 Å². The number of ketones is 1. The van der Waals surface area contributed by atoms with Gasteiger partial charge in [-0.1, -0.05) is 0 Å². The van der Waals surface area contributed by atoms with Gasteiger partial charge >= 0.3 is 0 Å². The molecule has 0 aliphatic carbocycles. The summed E-state index contributed by atoms with van der Waals surface area (Å²) in [5, 5.41) is 7.32. The van der Waals surface area contributed by atoms with Crippen molar-refractivity contribution >= 4 is 29.7 Å². The minimum Gasteiger partial charge on any atom is -0.300 e. The number of rotatable bonds is 0. The molecule has 0 fully saturated rings. The first-order valence-electron chi connectivity index (χ1n) is 1.93. The second-order valence-electron chi connectivity index (χ2n) is 1.13. The third-order valence-electron chi connectivity index (χ3n) is 0. The predicted octanol–water partition coefficient (Wildman–Crippen LogP) is 0.744. The van der Waals surface area contributed by atoms with E-state index in [1.807, 2.05) is 0 Å². The number of hydrogen-bond acceptors (Lipinski definition) is 2. The Kier molecular flexibility index (Phi) is 30.9. The van der Waals surface area contributed by atoms with Gasteiger partial charge in [-0.15, -0.1) is 0 Å². The van der Waals surface area contributed by atoms with E-state index in [0.717, 1.165) is 0 Å². The van der Waals surface area contributed by atoms with Crippen molar-refractivity contribution < 1.29 is 4.79 Å². The van der Waals surface area contributed by atoms with Gasteiger partial charge in [0.15, 0.2) is 0 Å². The predicted molar refractivity (Wildman–Crippen MR) is 33.4 cm³/mol. The Hall–Kier alpha value is -0.0413. The molecular formula is C5H9NOSn.